The highest BCUT2D eigenvalue weighted by Crippen LogP contribution is 2.30. The molecule has 0 unspecified atom stereocenters. The SMILES string of the molecule is Cn1cc(C(=O)NNc2cccnc2Cl)c(C(F)(F)F)n1. The summed E-state index contributed by atoms with van der Waals surface area (Å²) in [5, 5.41) is 3.31. The fraction of sp³-hybridized carbons (Fsp3) is 0.182. The van der Waals surface area contributed by atoms with Gasteiger partial charge in [0.05, 0.1) is 11.3 Å². The second kappa shape index (κ2) is 5.60. The average Bonchev–Trinajstić information content (AvgIpc) is 2.80. The highest BCUT2D eigenvalue weighted by molar-refractivity contribution is 6.31. The number of carbonyl (C=O) groups excluding carboxylic acids is 1. The molecule has 21 heavy (non-hydrogen) atoms. The molecule has 10 heteroatoms. The maximum absolute atomic E-state index is 12.7. The number of carbonyl (C=O) groups is 1. The molecule has 0 spiro atoms. The summed E-state index contributed by atoms with van der Waals surface area (Å²) in [5.74, 6) is -0.990. The molecule has 0 atom stereocenters. The number of alkyl halides is 3. The number of pyridine rings is 1. The number of nitrogens with zero attached hydrogens (tertiary/aromatic N) is 3. The molecule has 0 aliphatic rings. The molecule has 0 radical (unpaired) electrons. The van der Waals surface area contributed by atoms with Crippen LogP contribution in [0.3, 0.4) is 0 Å². The minimum absolute atomic E-state index is 0.0695. The molecule has 2 rings (SSSR count). The maximum Gasteiger partial charge on any atom is 0.435 e. The number of amides is 1. The monoisotopic (exact) mass is 319 g/mol. The number of aromatic nitrogens is 3. The molecule has 2 aromatic rings. The highest BCUT2D eigenvalue weighted by atomic mass is 35.5. The van der Waals surface area contributed by atoms with Crippen molar-refractivity contribution in [2.75, 3.05) is 5.43 Å². The third-order valence-corrected chi connectivity index (χ3v) is 2.71. The second-order valence-corrected chi connectivity index (χ2v) is 4.34. The van der Waals surface area contributed by atoms with E-state index in [4.69, 9.17) is 11.6 Å². The van der Waals surface area contributed by atoms with Crippen LogP contribution in [-0.4, -0.2) is 20.7 Å². The topological polar surface area (TPSA) is 71.8 Å². The third kappa shape index (κ3) is 3.43. The lowest BCUT2D eigenvalue weighted by Crippen LogP contribution is -2.31. The van der Waals surface area contributed by atoms with Gasteiger partial charge in [0.2, 0.25) is 0 Å². The van der Waals surface area contributed by atoms with Crippen LogP contribution in [0.2, 0.25) is 5.15 Å². The van der Waals surface area contributed by atoms with Crippen LogP contribution in [0.1, 0.15) is 16.1 Å². The molecule has 112 valence electrons. The third-order valence-electron chi connectivity index (χ3n) is 2.41. The first-order valence-electron chi connectivity index (χ1n) is 5.56. The van der Waals surface area contributed by atoms with Crippen LogP contribution < -0.4 is 10.9 Å². The van der Waals surface area contributed by atoms with Gasteiger partial charge in [0.25, 0.3) is 5.91 Å². The van der Waals surface area contributed by atoms with Crippen molar-refractivity contribution in [3.05, 3.63) is 40.9 Å². The summed E-state index contributed by atoms with van der Waals surface area (Å²) in [6.45, 7) is 0. The van der Waals surface area contributed by atoms with E-state index >= 15 is 0 Å². The van der Waals surface area contributed by atoms with Crippen molar-refractivity contribution in [3.8, 4) is 0 Å². The van der Waals surface area contributed by atoms with Crippen LogP contribution in [0.4, 0.5) is 18.9 Å². The molecule has 0 aromatic carbocycles. The summed E-state index contributed by atoms with van der Waals surface area (Å²) in [4.78, 5) is 15.6. The number of halogens is 4. The van der Waals surface area contributed by atoms with E-state index in [1.54, 1.807) is 6.07 Å². The lowest BCUT2D eigenvalue weighted by Gasteiger charge is -2.10. The minimum atomic E-state index is -4.72. The molecule has 6 nitrogen and oxygen atoms in total. The van der Waals surface area contributed by atoms with Crippen molar-refractivity contribution < 1.29 is 18.0 Å². The Morgan fingerprint density at radius 3 is 2.76 bits per heavy atom. The Labute approximate surface area is 121 Å². The predicted molar refractivity (Wildman–Crippen MR) is 68.5 cm³/mol. The van der Waals surface area contributed by atoms with Crippen LogP contribution in [0.15, 0.2) is 24.5 Å². The Balaban J connectivity index is 2.17. The van der Waals surface area contributed by atoms with Crippen LogP contribution in [0, 0.1) is 0 Å². The Morgan fingerprint density at radius 2 is 2.14 bits per heavy atom. The first kappa shape index (κ1) is 15.1. The lowest BCUT2D eigenvalue weighted by atomic mass is 10.2. The van der Waals surface area contributed by atoms with Crippen molar-refractivity contribution >= 4 is 23.2 Å². The summed E-state index contributed by atoms with van der Waals surface area (Å²) < 4.78 is 39.1. The molecule has 0 bridgehead atoms. The number of anilines is 1. The predicted octanol–water partition coefficient (Wildman–Crippen LogP) is 2.24. The molecule has 1 amide bonds. The van der Waals surface area contributed by atoms with E-state index in [-0.39, 0.29) is 10.8 Å². The zero-order valence-corrected chi connectivity index (χ0v) is 11.3. The number of aryl methyl sites for hydroxylation is 1. The summed E-state index contributed by atoms with van der Waals surface area (Å²) in [5.41, 5.74) is 2.91. The first-order chi connectivity index (χ1) is 9.79. The first-order valence-corrected chi connectivity index (χ1v) is 5.94. The van der Waals surface area contributed by atoms with Crippen molar-refractivity contribution in [2.45, 2.75) is 6.18 Å². The number of hydrogen-bond acceptors (Lipinski definition) is 4. The number of nitrogens with one attached hydrogen (secondary N) is 2. The Hall–Kier alpha value is -2.29. The molecule has 2 aromatic heterocycles. The zero-order chi connectivity index (χ0) is 15.6. The lowest BCUT2D eigenvalue weighted by molar-refractivity contribution is -0.141. The largest absolute Gasteiger partial charge is 0.435 e. The maximum atomic E-state index is 12.7. The molecule has 0 saturated carbocycles. The van der Waals surface area contributed by atoms with Gasteiger partial charge in [0.1, 0.15) is 0 Å². The highest BCUT2D eigenvalue weighted by Gasteiger charge is 2.39. The second-order valence-electron chi connectivity index (χ2n) is 3.98. The van der Waals surface area contributed by atoms with E-state index in [1.807, 2.05) is 0 Å². The Kier molecular flexibility index (Phi) is 4.03. The molecule has 0 saturated heterocycles. The number of hydrogen-bond donors (Lipinski definition) is 2. The van der Waals surface area contributed by atoms with Gasteiger partial charge < -0.3 is 0 Å². The summed E-state index contributed by atoms with van der Waals surface area (Å²) in [6, 6.07) is 3.05. The summed E-state index contributed by atoms with van der Waals surface area (Å²) >= 11 is 5.74. The van der Waals surface area contributed by atoms with E-state index in [9.17, 15) is 18.0 Å². The van der Waals surface area contributed by atoms with Gasteiger partial charge in [0.15, 0.2) is 10.8 Å². The van der Waals surface area contributed by atoms with Crippen molar-refractivity contribution in [3.63, 3.8) is 0 Å². The smallest absolute Gasteiger partial charge is 0.295 e. The molecular weight excluding hydrogens is 311 g/mol. The van der Waals surface area contributed by atoms with Gasteiger partial charge in [-0.1, -0.05) is 11.6 Å². The molecule has 0 aliphatic heterocycles. The van der Waals surface area contributed by atoms with Gasteiger partial charge in [-0.15, -0.1) is 0 Å². The standard InChI is InChI=1S/C11H9ClF3N5O/c1-20-5-6(8(19-20)11(13,14)15)10(21)18-17-7-3-2-4-16-9(7)12/h2-5,17H,1H3,(H,18,21). The number of hydrazine groups is 1. The van der Waals surface area contributed by atoms with Crippen molar-refractivity contribution in [1.82, 2.24) is 20.2 Å². The van der Waals surface area contributed by atoms with Crippen LogP contribution >= 0.6 is 11.6 Å². The minimum Gasteiger partial charge on any atom is -0.295 e. The molecule has 2 N–H and O–H groups in total. The number of rotatable bonds is 3. The zero-order valence-electron chi connectivity index (χ0n) is 10.6. The fourth-order valence-electron chi connectivity index (χ4n) is 1.53. The average molecular weight is 320 g/mol. The van der Waals surface area contributed by atoms with Gasteiger partial charge in [0, 0.05) is 19.4 Å². The van der Waals surface area contributed by atoms with Crippen molar-refractivity contribution in [2.24, 2.45) is 7.05 Å². The van der Waals surface area contributed by atoms with Crippen LogP contribution in [0.5, 0.6) is 0 Å². The normalized spacial score (nSPS) is 11.3. The summed E-state index contributed by atoms with van der Waals surface area (Å²) in [7, 11) is 1.29. The molecule has 0 fully saturated rings. The molecule has 2 heterocycles. The molecule has 0 aliphatic carbocycles. The van der Waals surface area contributed by atoms with E-state index in [0.29, 0.717) is 0 Å². The van der Waals surface area contributed by atoms with E-state index in [2.05, 4.69) is 20.9 Å². The van der Waals surface area contributed by atoms with E-state index in [0.717, 1.165) is 10.9 Å². The fourth-order valence-corrected chi connectivity index (χ4v) is 1.70. The molecular formula is C11H9ClF3N5O. The van der Waals surface area contributed by atoms with Gasteiger partial charge in [-0.2, -0.15) is 18.3 Å². The quantitative estimate of drug-likeness (QED) is 0.672. The van der Waals surface area contributed by atoms with Crippen LogP contribution in [0.25, 0.3) is 0 Å². The Morgan fingerprint density at radius 1 is 1.43 bits per heavy atom. The van der Waals surface area contributed by atoms with Gasteiger partial charge in [-0.25, -0.2) is 4.98 Å². The van der Waals surface area contributed by atoms with E-state index in [1.165, 1.54) is 19.3 Å². The summed E-state index contributed by atoms with van der Waals surface area (Å²) in [6.07, 6.45) is -2.32. The van der Waals surface area contributed by atoms with Crippen molar-refractivity contribution in [1.29, 1.82) is 0 Å². The van der Waals surface area contributed by atoms with E-state index < -0.39 is 23.3 Å². The van der Waals surface area contributed by atoms with Crippen LogP contribution in [-0.2, 0) is 13.2 Å². The Bertz CT molecular complexity index is 670. The van der Waals surface area contributed by atoms with Gasteiger partial charge in [-0.05, 0) is 12.1 Å². The van der Waals surface area contributed by atoms with Gasteiger partial charge in [-0.3, -0.25) is 20.3 Å². The van der Waals surface area contributed by atoms with Gasteiger partial charge >= 0.3 is 6.18 Å².